The number of hydrogen-bond acceptors (Lipinski definition) is 7. The average Bonchev–Trinajstić information content (AvgIpc) is 2.83. The molecule has 1 aromatic rings. The fraction of sp³-hybridized carbons (Fsp3) is 0.722. The molecule has 1 amide bonds. The highest BCUT2D eigenvalue weighted by molar-refractivity contribution is 5.78. The van der Waals surface area contributed by atoms with Crippen molar-refractivity contribution in [3.63, 3.8) is 0 Å². The first-order chi connectivity index (χ1) is 13.0. The molecule has 0 unspecified atom stereocenters. The van der Waals surface area contributed by atoms with Crippen molar-refractivity contribution in [3.8, 4) is 0 Å². The molecular formula is C18H30N6O3. The minimum atomic E-state index is -0.284. The normalized spacial score (nSPS) is 25.1. The Labute approximate surface area is 158 Å². The number of nitrogens with zero attached hydrogens (tertiary/aromatic N) is 2. The molecule has 2 fully saturated rings. The fourth-order valence-electron chi connectivity index (χ4n) is 3.91. The SMILES string of the molecule is Nc1cc(=O)[nH]c(CCNC(=O)[C@@H]2CC[C@H](N)CN(C3CCOCC3)C2)n1. The summed E-state index contributed by atoms with van der Waals surface area (Å²) in [5.74, 6) is 0.624. The molecule has 0 radical (unpaired) electrons. The van der Waals surface area contributed by atoms with E-state index < -0.39 is 0 Å². The number of aromatic nitrogens is 2. The van der Waals surface area contributed by atoms with Gasteiger partial charge >= 0.3 is 0 Å². The molecule has 0 spiro atoms. The Kier molecular flexibility index (Phi) is 6.81. The topological polar surface area (TPSA) is 139 Å². The van der Waals surface area contributed by atoms with Crippen molar-refractivity contribution >= 4 is 11.7 Å². The van der Waals surface area contributed by atoms with Crippen LogP contribution in [0.4, 0.5) is 5.82 Å². The molecule has 9 nitrogen and oxygen atoms in total. The highest BCUT2D eigenvalue weighted by Gasteiger charge is 2.31. The number of ether oxygens (including phenoxy) is 1. The molecule has 6 N–H and O–H groups in total. The maximum Gasteiger partial charge on any atom is 0.252 e. The van der Waals surface area contributed by atoms with Crippen LogP contribution in [0.15, 0.2) is 10.9 Å². The third-order valence-electron chi connectivity index (χ3n) is 5.36. The molecule has 2 aliphatic rings. The van der Waals surface area contributed by atoms with Crippen molar-refractivity contribution in [3.05, 3.63) is 22.2 Å². The summed E-state index contributed by atoms with van der Waals surface area (Å²) in [7, 11) is 0. The average molecular weight is 378 g/mol. The van der Waals surface area contributed by atoms with Crippen LogP contribution in [0.1, 0.15) is 31.5 Å². The van der Waals surface area contributed by atoms with Crippen LogP contribution in [0.25, 0.3) is 0 Å². The lowest BCUT2D eigenvalue weighted by molar-refractivity contribution is -0.125. The van der Waals surface area contributed by atoms with Gasteiger partial charge in [-0.25, -0.2) is 4.98 Å². The lowest BCUT2D eigenvalue weighted by Crippen LogP contribution is -2.47. The highest BCUT2D eigenvalue weighted by atomic mass is 16.5. The number of anilines is 1. The van der Waals surface area contributed by atoms with Crippen molar-refractivity contribution in [2.75, 3.05) is 38.6 Å². The number of carbonyl (C=O) groups is 1. The maximum absolute atomic E-state index is 12.7. The summed E-state index contributed by atoms with van der Waals surface area (Å²) in [6.45, 7) is 3.53. The molecule has 2 atom stereocenters. The van der Waals surface area contributed by atoms with E-state index in [-0.39, 0.29) is 29.2 Å². The zero-order valence-corrected chi connectivity index (χ0v) is 15.7. The molecule has 27 heavy (non-hydrogen) atoms. The van der Waals surface area contributed by atoms with E-state index in [0.29, 0.717) is 24.8 Å². The van der Waals surface area contributed by atoms with Gasteiger partial charge in [-0.1, -0.05) is 0 Å². The van der Waals surface area contributed by atoms with Crippen LogP contribution >= 0.6 is 0 Å². The van der Waals surface area contributed by atoms with Gasteiger partial charge in [-0.15, -0.1) is 0 Å². The number of aromatic amines is 1. The Hall–Kier alpha value is -1.97. The van der Waals surface area contributed by atoms with Crippen LogP contribution < -0.4 is 22.3 Å². The molecular weight excluding hydrogens is 348 g/mol. The molecule has 0 bridgehead atoms. The summed E-state index contributed by atoms with van der Waals surface area (Å²) in [6.07, 6.45) is 4.06. The van der Waals surface area contributed by atoms with E-state index in [1.807, 2.05) is 0 Å². The number of nitrogen functional groups attached to an aromatic ring is 1. The first-order valence-electron chi connectivity index (χ1n) is 9.72. The Morgan fingerprint density at radius 2 is 2.07 bits per heavy atom. The standard InChI is InChI=1S/C18H30N6O3/c19-13-2-1-12(10-24(11-13)14-4-7-27-8-5-14)18(26)21-6-3-16-22-15(20)9-17(25)23-16/h9,12-14H,1-8,10-11,19H2,(H,21,26)(H3,20,22,23,25)/t12-,13+/m1/s1. The zero-order valence-electron chi connectivity index (χ0n) is 15.7. The summed E-state index contributed by atoms with van der Waals surface area (Å²) in [5, 5.41) is 2.97. The van der Waals surface area contributed by atoms with Crippen LogP contribution in [-0.2, 0) is 16.0 Å². The fourth-order valence-corrected chi connectivity index (χ4v) is 3.91. The van der Waals surface area contributed by atoms with E-state index in [1.165, 1.54) is 6.07 Å². The molecule has 2 aliphatic heterocycles. The second-order valence-electron chi connectivity index (χ2n) is 7.49. The molecule has 1 aromatic heterocycles. The number of amides is 1. The van der Waals surface area contributed by atoms with E-state index >= 15 is 0 Å². The quantitative estimate of drug-likeness (QED) is 0.527. The number of carbonyl (C=O) groups excluding carboxylic acids is 1. The smallest absolute Gasteiger partial charge is 0.252 e. The van der Waals surface area contributed by atoms with Gasteiger partial charge in [0.1, 0.15) is 11.6 Å². The molecule has 9 heteroatoms. The Bertz CT molecular complexity index is 688. The van der Waals surface area contributed by atoms with Gasteiger partial charge in [-0.3, -0.25) is 14.5 Å². The van der Waals surface area contributed by atoms with Crippen LogP contribution in [-0.4, -0.2) is 65.7 Å². The molecule has 0 saturated carbocycles. The highest BCUT2D eigenvalue weighted by Crippen LogP contribution is 2.22. The van der Waals surface area contributed by atoms with E-state index in [4.69, 9.17) is 16.2 Å². The van der Waals surface area contributed by atoms with Crippen molar-refractivity contribution < 1.29 is 9.53 Å². The maximum atomic E-state index is 12.7. The Balaban J connectivity index is 1.53. The Morgan fingerprint density at radius 1 is 1.30 bits per heavy atom. The summed E-state index contributed by atoms with van der Waals surface area (Å²) in [5.41, 5.74) is 11.5. The van der Waals surface area contributed by atoms with Crippen molar-refractivity contribution in [2.24, 2.45) is 11.7 Å². The first-order valence-corrected chi connectivity index (χ1v) is 9.72. The molecule has 0 aliphatic carbocycles. The first kappa shape index (κ1) is 19.8. The minimum Gasteiger partial charge on any atom is -0.383 e. The van der Waals surface area contributed by atoms with Crippen molar-refractivity contribution in [2.45, 2.75) is 44.2 Å². The second kappa shape index (κ2) is 9.29. The molecule has 3 heterocycles. The van der Waals surface area contributed by atoms with E-state index in [1.54, 1.807) is 0 Å². The van der Waals surface area contributed by atoms with Crippen LogP contribution in [0.3, 0.4) is 0 Å². The lowest BCUT2D eigenvalue weighted by atomic mass is 10.0. The van der Waals surface area contributed by atoms with Gasteiger partial charge in [0, 0.05) is 57.4 Å². The molecule has 150 valence electrons. The number of H-pyrrole nitrogens is 1. The van der Waals surface area contributed by atoms with Crippen molar-refractivity contribution in [1.29, 1.82) is 0 Å². The van der Waals surface area contributed by atoms with Crippen LogP contribution in [0, 0.1) is 5.92 Å². The van der Waals surface area contributed by atoms with Gasteiger partial charge in [-0.2, -0.15) is 0 Å². The van der Waals surface area contributed by atoms with Crippen LogP contribution in [0.5, 0.6) is 0 Å². The van der Waals surface area contributed by atoms with E-state index in [0.717, 1.165) is 52.0 Å². The largest absolute Gasteiger partial charge is 0.383 e. The number of rotatable bonds is 5. The number of nitrogens with one attached hydrogen (secondary N) is 2. The van der Waals surface area contributed by atoms with Gasteiger partial charge in [0.2, 0.25) is 5.91 Å². The molecule has 2 saturated heterocycles. The predicted octanol–water partition coefficient (Wildman–Crippen LogP) is -0.771. The van der Waals surface area contributed by atoms with Crippen LogP contribution in [0.2, 0.25) is 0 Å². The third kappa shape index (κ3) is 5.75. The van der Waals surface area contributed by atoms with Crippen molar-refractivity contribution in [1.82, 2.24) is 20.2 Å². The van der Waals surface area contributed by atoms with Gasteiger partial charge in [0.15, 0.2) is 0 Å². The van der Waals surface area contributed by atoms with Gasteiger partial charge in [0.25, 0.3) is 5.56 Å². The second-order valence-corrected chi connectivity index (χ2v) is 7.49. The van der Waals surface area contributed by atoms with E-state index in [9.17, 15) is 9.59 Å². The zero-order chi connectivity index (χ0) is 19.2. The van der Waals surface area contributed by atoms with E-state index in [2.05, 4.69) is 20.2 Å². The van der Waals surface area contributed by atoms with Gasteiger partial charge in [0.05, 0.1) is 5.92 Å². The predicted molar refractivity (Wildman–Crippen MR) is 102 cm³/mol. The lowest BCUT2D eigenvalue weighted by Gasteiger charge is -2.35. The molecule has 3 rings (SSSR count). The minimum absolute atomic E-state index is 0.0346. The summed E-state index contributed by atoms with van der Waals surface area (Å²) >= 11 is 0. The van der Waals surface area contributed by atoms with Gasteiger partial charge in [-0.05, 0) is 25.7 Å². The van der Waals surface area contributed by atoms with Gasteiger partial charge < -0.3 is 26.5 Å². The number of likely N-dealkylation sites (tertiary alicyclic amines) is 1. The molecule has 0 aromatic carbocycles. The summed E-state index contributed by atoms with van der Waals surface area (Å²) in [6, 6.07) is 1.79. The third-order valence-corrected chi connectivity index (χ3v) is 5.36. The number of hydrogen-bond donors (Lipinski definition) is 4. The summed E-state index contributed by atoms with van der Waals surface area (Å²) < 4.78 is 5.46. The summed E-state index contributed by atoms with van der Waals surface area (Å²) in [4.78, 5) is 33.2. The Morgan fingerprint density at radius 3 is 2.81 bits per heavy atom. The number of nitrogens with two attached hydrogens (primary N) is 2. The monoisotopic (exact) mass is 378 g/mol.